The maximum atomic E-state index is 14.5. The zero-order valence-electron chi connectivity index (χ0n) is 31.8. The highest BCUT2D eigenvalue weighted by molar-refractivity contribution is 5.90. The minimum atomic E-state index is -0.533. The van der Waals surface area contributed by atoms with Crippen LogP contribution in [0.5, 0.6) is 0 Å². The van der Waals surface area contributed by atoms with E-state index in [2.05, 4.69) is 205 Å². The molecule has 0 spiro atoms. The Morgan fingerprint density at radius 3 is 1.57 bits per heavy atom. The van der Waals surface area contributed by atoms with E-state index in [1.807, 2.05) is 12.1 Å². The Hall–Kier alpha value is -7.29. The van der Waals surface area contributed by atoms with Crippen LogP contribution < -0.4 is 4.90 Å². The van der Waals surface area contributed by atoms with Crippen molar-refractivity contribution in [3.05, 3.63) is 269 Å². The molecule has 2 heteroatoms. The second-order valence-corrected chi connectivity index (χ2v) is 15.3. The molecule has 0 saturated heterocycles. The van der Waals surface area contributed by atoms with E-state index in [1.165, 1.54) is 66.8 Å². The molecule has 2 aliphatic carbocycles. The molecule has 0 fully saturated rings. The number of halogens is 1. The molecule has 0 aliphatic heterocycles. The number of anilines is 3. The van der Waals surface area contributed by atoms with Gasteiger partial charge in [-0.15, -0.1) is 0 Å². The number of nitrogens with zero attached hydrogens (tertiary/aromatic N) is 1. The van der Waals surface area contributed by atoms with Crippen LogP contribution >= 0.6 is 0 Å². The van der Waals surface area contributed by atoms with Gasteiger partial charge in [-0.3, -0.25) is 0 Å². The van der Waals surface area contributed by atoms with Crippen molar-refractivity contribution in [1.29, 1.82) is 0 Å². The summed E-state index contributed by atoms with van der Waals surface area (Å²) in [6.45, 7) is 0. The lowest BCUT2D eigenvalue weighted by Crippen LogP contribution is -2.28. The standard InChI is InChI=1S/C56H38FN/c57-43-27-31-45(32-28-43)58(44-29-24-38(25-30-44)40-26-34-51-52(36-40)47-20-10-11-22-50(47)55(51)39-14-4-1-5-15-39)46-33-35-49-48-21-12-13-23-53(48)56(54(49)37-46,41-16-6-2-7-17-41)42-18-8-3-9-19-42/h1-37,55H. The van der Waals surface area contributed by atoms with Gasteiger partial charge < -0.3 is 4.90 Å². The van der Waals surface area contributed by atoms with Crippen molar-refractivity contribution in [3.8, 4) is 33.4 Å². The second-order valence-electron chi connectivity index (χ2n) is 15.3. The second kappa shape index (κ2) is 13.7. The van der Waals surface area contributed by atoms with Crippen molar-refractivity contribution in [2.24, 2.45) is 0 Å². The fourth-order valence-electron chi connectivity index (χ4n) is 9.80. The molecule has 274 valence electrons. The SMILES string of the molecule is Fc1ccc(N(c2ccc(-c3ccc4c(c3)-c3ccccc3C4c3ccccc3)cc2)c2ccc3c(c2)C(c2ccccc2)(c2ccccc2)c2ccccc2-3)cc1. The molecule has 0 heterocycles. The van der Waals surface area contributed by atoms with E-state index in [0.717, 1.165) is 22.6 Å². The van der Waals surface area contributed by atoms with Crippen molar-refractivity contribution < 1.29 is 4.39 Å². The van der Waals surface area contributed by atoms with Crippen molar-refractivity contribution in [2.45, 2.75) is 11.3 Å². The Morgan fingerprint density at radius 2 is 0.879 bits per heavy atom. The van der Waals surface area contributed by atoms with Crippen LogP contribution in [0, 0.1) is 5.82 Å². The van der Waals surface area contributed by atoms with E-state index in [1.54, 1.807) is 12.1 Å². The van der Waals surface area contributed by atoms with Crippen LogP contribution in [-0.4, -0.2) is 0 Å². The average Bonchev–Trinajstić information content (AvgIpc) is 3.78. The van der Waals surface area contributed by atoms with Gasteiger partial charge in [0.1, 0.15) is 5.82 Å². The van der Waals surface area contributed by atoms with Crippen molar-refractivity contribution in [1.82, 2.24) is 0 Å². The van der Waals surface area contributed by atoms with Gasteiger partial charge in [0.2, 0.25) is 0 Å². The Balaban J connectivity index is 1.04. The summed E-state index contributed by atoms with van der Waals surface area (Å²) in [6.07, 6.45) is 0. The molecule has 0 amide bonds. The predicted octanol–water partition coefficient (Wildman–Crippen LogP) is 14.5. The minimum absolute atomic E-state index is 0.218. The van der Waals surface area contributed by atoms with Crippen LogP contribution in [0.25, 0.3) is 33.4 Å². The Labute approximate surface area is 339 Å². The third-order valence-corrected chi connectivity index (χ3v) is 12.3. The van der Waals surface area contributed by atoms with Crippen LogP contribution in [0.2, 0.25) is 0 Å². The van der Waals surface area contributed by atoms with E-state index < -0.39 is 5.41 Å². The Morgan fingerprint density at radius 1 is 0.362 bits per heavy atom. The van der Waals surface area contributed by atoms with Gasteiger partial charge >= 0.3 is 0 Å². The largest absolute Gasteiger partial charge is 0.310 e. The Bertz CT molecular complexity index is 2900. The first-order valence-corrected chi connectivity index (χ1v) is 20.0. The lowest BCUT2D eigenvalue weighted by molar-refractivity contribution is 0.628. The molecular weight excluding hydrogens is 706 g/mol. The predicted molar refractivity (Wildman–Crippen MR) is 237 cm³/mol. The van der Waals surface area contributed by atoms with Crippen LogP contribution in [0.3, 0.4) is 0 Å². The van der Waals surface area contributed by atoms with Gasteiger partial charge in [-0.1, -0.05) is 170 Å². The first-order valence-electron chi connectivity index (χ1n) is 20.0. The molecule has 58 heavy (non-hydrogen) atoms. The highest BCUT2D eigenvalue weighted by Gasteiger charge is 2.46. The van der Waals surface area contributed by atoms with Crippen LogP contribution in [-0.2, 0) is 5.41 Å². The lowest BCUT2D eigenvalue weighted by Gasteiger charge is -2.35. The molecule has 2 aliphatic rings. The first-order chi connectivity index (χ1) is 28.7. The summed E-state index contributed by atoms with van der Waals surface area (Å²) in [6, 6.07) is 79.6. The van der Waals surface area contributed by atoms with Gasteiger partial charge in [0.15, 0.2) is 0 Å². The van der Waals surface area contributed by atoms with Crippen molar-refractivity contribution in [3.63, 3.8) is 0 Å². The molecule has 9 aromatic rings. The summed E-state index contributed by atoms with van der Waals surface area (Å²) in [4.78, 5) is 2.25. The van der Waals surface area contributed by atoms with Crippen LogP contribution in [0.1, 0.15) is 44.9 Å². The third-order valence-electron chi connectivity index (χ3n) is 12.3. The third kappa shape index (κ3) is 5.29. The smallest absolute Gasteiger partial charge is 0.123 e. The molecule has 0 N–H and O–H groups in total. The maximum absolute atomic E-state index is 14.5. The molecule has 11 rings (SSSR count). The van der Waals surface area contributed by atoms with Crippen molar-refractivity contribution in [2.75, 3.05) is 4.90 Å². The quantitative estimate of drug-likeness (QED) is 0.157. The Kier molecular flexibility index (Phi) is 8.04. The zero-order valence-corrected chi connectivity index (χ0v) is 31.8. The molecule has 0 bridgehead atoms. The van der Waals surface area contributed by atoms with Gasteiger partial charge in [0.05, 0.1) is 5.41 Å². The molecule has 0 aromatic heterocycles. The average molecular weight is 744 g/mol. The number of benzene rings is 9. The molecule has 1 nitrogen and oxygen atoms in total. The number of hydrogen-bond donors (Lipinski definition) is 0. The van der Waals surface area contributed by atoms with Gasteiger partial charge in [-0.05, 0) is 127 Å². The number of rotatable bonds is 7. The summed E-state index contributed by atoms with van der Waals surface area (Å²) in [7, 11) is 0. The van der Waals surface area contributed by atoms with Gasteiger partial charge in [0.25, 0.3) is 0 Å². The monoisotopic (exact) mass is 743 g/mol. The number of hydrogen-bond acceptors (Lipinski definition) is 1. The highest BCUT2D eigenvalue weighted by atomic mass is 19.1. The zero-order chi connectivity index (χ0) is 38.6. The molecule has 9 aromatic carbocycles. The van der Waals surface area contributed by atoms with Gasteiger partial charge in [0, 0.05) is 23.0 Å². The molecule has 1 unspecified atom stereocenters. The summed E-state index contributed by atoms with van der Waals surface area (Å²) < 4.78 is 14.5. The van der Waals surface area contributed by atoms with E-state index in [9.17, 15) is 4.39 Å². The minimum Gasteiger partial charge on any atom is -0.310 e. The summed E-state index contributed by atoms with van der Waals surface area (Å²) >= 11 is 0. The lowest BCUT2D eigenvalue weighted by atomic mass is 9.67. The first kappa shape index (κ1) is 34.0. The highest BCUT2D eigenvalue weighted by Crippen LogP contribution is 2.57. The van der Waals surface area contributed by atoms with Gasteiger partial charge in [-0.2, -0.15) is 0 Å². The molecule has 1 atom stereocenters. The fourth-order valence-corrected chi connectivity index (χ4v) is 9.80. The number of fused-ring (bicyclic) bond motifs is 6. The molecule has 0 radical (unpaired) electrons. The normalized spacial score (nSPS) is 14.3. The van der Waals surface area contributed by atoms with E-state index in [-0.39, 0.29) is 11.7 Å². The van der Waals surface area contributed by atoms with E-state index in [0.29, 0.717) is 0 Å². The fraction of sp³-hybridized carbons (Fsp3) is 0.0357. The summed E-state index contributed by atoms with van der Waals surface area (Å²) in [5, 5.41) is 0. The summed E-state index contributed by atoms with van der Waals surface area (Å²) in [5.41, 5.74) is 18.6. The molecule has 0 saturated carbocycles. The van der Waals surface area contributed by atoms with Crippen molar-refractivity contribution >= 4 is 17.1 Å². The molecular formula is C56H38FN. The van der Waals surface area contributed by atoms with Crippen LogP contribution in [0.15, 0.2) is 224 Å². The summed E-state index contributed by atoms with van der Waals surface area (Å²) in [5.74, 6) is -0.0426. The van der Waals surface area contributed by atoms with Gasteiger partial charge in [-0.25, -0.2) is 4.39 Å². The van der Waals surface area contributed by atoms with E-state index in [4.69, 9.17) is 0 Å². The van der Waals surface area contributed by atoms with E-state index >= 15 is 0 Å². The van der Waals surface area contributed by atoms with Crippen LogP contribution in [0.4, 0.5) is 21.5 Å². The maximum Gasteiger partial charge on any atom is 0.123 e. The topological polar surface area (TPSA) is 3.24 Å².